The number of carbonyl (C=O) groups is 1. The first-order chi connectivity index (χ1) is 14.2. The maximum Gasteiger partial charge on any atom is 0.279 e. The van der Waals surface area contributed by atoms with E-state index in [1.807, 2.05) is 25.1 Å². The summed E-state index contributed by atoms with van der Waals surface area (Å²) >= 11 is 2.77. The number of amides is 1. The van der Waals surface area contributed by atoms with Gasteiger partial charge in [0.2, 0.25) is 5.13 Å². The zero-order valence-electron chi connectivity index (χ0n) is 15.8. The fourth-order valence-electron chi connectivity index (χ4n) is 3.50. The van der Waals surface area contributed by atoms with Gasteiger partial charge in [0.05, 0.1) is 4.88 Å². The Hall–Kier alpha value is -2.84. The molecule has 6 nitrogen and oxygen atoms in total. The highest BCUT2D eigenvalue weighted by molar-refractivity contribution is 7.15. The molecule has 3 aromatic heterocycles. The zero-order valence-corrected chi connectivity index (χ0v) is 17.4. The van der Waals surface area contributed by atoms with Crippen molar-refractivity contribution in [2.75, 3.05) is 5.32 Å². The van der Waals surface area contributed by atoms with Crippen LogP contribution in [0.15, 0.2) is 40.9 Å². The van der Waals surface area contributed by atoms with Gasteiger partial charge in [0.25, 0.3) is 5.91 Å². The average molecular weight is 423 g/mol. The second kappa shape index (κ2) is 7.53. The third-order valence-electron chi connectivity index (χ3n) is 4.98. The molecule has 0 bridgehead atoms. The average Bonchev–Trinajstić information content (AvgIpc) is 3.48. The zero-order chi connectivity index (χ0) is 19.8. The van der Waals surface area contributed by atoms with Crippen molar-refractivity contribution in [1.82, 2.24) is 14.5 Å². The summed E-state index contributed by atoms with van der Waals surface area (Å²) < 4.78 is 9.76. The fourth-order valence-corrected chi connectivity index (χ4v) is 4.93. The summed E-state index contributed by atoms with van der Waals surface area (Å²) in [7, 11) is 0. The molecule has 0 unspecified atom stereocenters. The number of benzene rings is 1. The number of anilines is 1. The number of nitrogens with zero attached hydrogens (tertiary/aromatic N) is 3. The largest absolute Gasteiger partial charge is 0.355 e. The molecule has 1 aliphatic rings. The molecule has 29 heavy (non-hydrogen) atoms. The van der Waals surface area contributed by atoms with Gasteiger partial charge in [0.1, 0.15) is 0 Å². The SMILES string of the molecule is Cc1ccc(-c2nsc(NC(=O)c3cc(-c4ccc5c(c4)CCCC5)on3)n2)s1. The van der Waals surface area contributed by atoms with Gasteiger partial charge in [-0.25, -0.2) is 0 Å². The Balaban J connectivity index is 1.32. The number of thiophene rings is 1. The van der Waals surface area contributed by atoms with E-state index in [0.29, 0.717) is 16.7 Å². The molecule has 1 aliphatic carbocycles. The Kier molecular flexibility index (Phi) is 4.73. The van der Waals surface area contributed by atoms with Crippen LogP contribution < -0.4 is 5.32 Å². The smallest absolute Gasteiger partial charge is 0.279 e. The first kappa shape index (κ1) is 18.2. The van der Waals surface area contributed by atoms with Gasteiger partial charge in [-0.2, -0.15) is 9.36 Å². The molecule has 4 aromatic rings. The van der Waals surface area contributed by atoms with Crippen LogP contribution in [0.1, 0.15) is 39.3 Å². The number of aryl methyl sites for hydroxylation is 3. The molecule has 1 amide bonds. The van der Waals surface area contributed by atoms with Gasteiger partial charge in [0, 0.05) is 28.0 Å². The van der Waals surface area contributed by atoms with E-state index in [9.17, 15) is 4.79 Å². The van der Waals surface area contributed by atoms with Crippen molar-refractivity contribution >= 4 is 33.9 Å². The van der Waals surface area contributed by atoms with Crippen LogP contribution in [0.25, 0.3) is 22.0 Å². The van der Waals surface area contributed by atoms with E-state index in [4.69, 9.17) is 4.52 Å². The summed E-state index contributed by atoms with van der Waals surface area (Å²) in [6.07, 6.45) is 4.69. The predicted molar refractivity (Wildman–Crippen MR) is 114 cm³/mol. The molecule has 0 fully saturated rings. The summed E-state index contributed by atoms with van der Waals surface area (Å²) in [6.45, 7) is 2.04. The minimum atomic E-state index is -0.358. The second-order valence-electron chi connectivity index (χ2n) is 7.05. The Morgan fingerprint density at radius 2 is 1.97 bits per heavy atom. The van der Waals surface area contributed by atoms with Crippen LogP contribution in [0.2, 0.25) is 0 Å². The van der Waals surface area contributed by atoms with Crippen molar-refractivity contribution in [3.8, 4) is 22.0 Å². The minimum Gasteiger partial charge on any atom is -0.355 e. The number of rotatable bonds is 4. The number of nitrogens with one attached hydrogen (secondary N) is 1. The lowest BCUT2D eigenvalue weighted by Gasteiger charge is -2.15. The monoisotopic (exact) mass is 422 g/mol. The summed E-state index contributed by atoms with van der Waals surface area (Å²) in [4.78, 5) is 19.1. The first-order valence-electron chi connectivity index (χ1n) is 9.46. The van der Waals surface area contributed by atoms with E-state index in [-0.39, 0.29) is 11.6 Å². The van der Waals surface area contributed by atoms with E-state index in [1.54, 1.807) is 17.4 Å². The molecule has 1 N–H and O–H groups in total. The van der Waals surface area contributed by atoms with Crippen LogP contribution in [0.3, 0.4) is 0 Å². The summed E-state index contributed by atoms with van der Waals surface area (Å²) in [5.74, 6) is 0.858. The predicted octanol–water partition coefficient (Wildman–Crippen LogP) is 5.36. The van der Waals surface area contributed by atoms with Crippen molar-refractivity contribution in [1.29, 1.82) is 0 Å². The van der Waals surface area contributed by atoms with Gasteiger partial charge >= 0.3 is 0 Å². The molecule has 0 saturated carbocycles. The van der Waals surface area contributed by atoms with Gasteiger partial charge in [-0.15, -0.1) is 11.3 Å². The summed E-state index contributed by atoms with van der Waals surface area (Å²) in [6, 6.07) is 12.0. The molecule has 3 heterocycles. The van der Waals surface area contributed by atoms with Gasteiger partial charge in [-0.1, -0.05) is 17.3 Å². The molecular formula is C21H18N4O2S2. The van der Waals surface area contributed by atoms with E-state index in [2.05, 4.69) is 32.0 Å². The van der Waals surface area contributed by atoms with Crippen molar-refractivity contribution < 1.29 is 9.32 Å². The highest BCUT2D eigenvalue weighted by Gasteiger charge is 2.18. The summed E-state index contributed by atoms with van der Waals surface area (Å²) in [5.41, 5.74) is 3.94. The van der Waals surface area contributed by atoms with Gasteiger partial charge in [0.15, 0.2) is 17.3 Å². The maximum absolute atomic E-state index is 12.5. The second-order valence-corrected chi connectivity index (χ2v) is 9.09. The van der Waals surface area contributed by atoms with Gasteiger partial charge in [-0.05, 0) is 61.9 Å². The molecule has 1 aromatic carbocycles. The third-order valence-corrected chi connectivity index (χ3v) is 6.61. The maximum atomic E-state index is 12.5. The van der Waals surface area contributed by atoms with Crippen LogP contribution >= 0.6 is 22.9 Å². The van der Waals surface area contributed by atoms with E-state index >= 15 is 0 Å². The van der Waals surface area contributed by atoms with Crippen molar-refractivity contribution in [3.05, 3.63) is 58.1 Å². The Morgan fingerprint density at radius 3 is 2.79 bits per heavy atom. The van der Waals surface area contributed by atoms with Crippen molar-refractivity contribution in [3.63, 3.8) is 0 Å². The van der Waals surface area contributed by atoms with E-state index in [0.717, 1.165) is 34.8 Å². The van der Waals surface area contributed by atoms with Crippen LogP contribution in [0.5, 0.6) is 0 Å². The van der Waals surface area contributed by atoms with Crippen LogP contribution in [-0.2, 0) is 12.8 Å². The topological polar surface area (TPSA) is 80.9 Å². The standard InChI is InChI=1S/C21H18N4O2S2/c1-12-6-9-18(28-12)19-22-21(29-25-19)23-20(26)16-11-17(27-24-16)15-8-7-13-4-2-3-5-14(13)10-15/h6-11H,2-5H2,1H3,(H,22,23,25,26). The fraction of sp³-hybridized carbons (Fsp3) is 0.238. The van der Waals surface area contributed by atoms with Crippen LogP contribution in [0.4, 0.5) is 5.13 Å². The number of aromatic nitrogens is 3. The normalized spacial score (nSPS) is 13.3. The molecule has 8 heteroatoms. The molecule has 0 radical (unpaired) electrons. The lowest BCUT2D eigenvalue weighted by molar-refractivity contribution is 0.101. The molecular weight excluding hydrogens is 404 g/mol. The van der Waals surface area contributed by atoms with Crippen LogP contribution in [-0.4, -0.2) is 20.4 Å². The molecule has 0 saturated heterocycles. The number of hydrogen-bond donors (Lipinski definition) is 1. The molecule has 0 atom stereocenters. The molecule has 146 valence electrons. The van der Waals surface area contributed by atoms with Crippen molar-refractivity contribution in [2.45, 2.75) is 32.6 Å². The van der Waals surface area contributed by atoms with Gasteiger partial charge in [-0.3, -0.25) is 10.1 Å². The summed E-state index contributed by atoms with van der Waals surface area (Å²) in [5, 5.41) is 7.14. The number of carbonyl (C=O) groups excluding carboxylic acids is 1. The van der Waals surface area contributed by atoms with Crippen molar-refractivity contribution in [2.24, 2.45) is 0 Å². The number of fused-ring (bicyclic) bond motifs is 1. The molecule has 5 rings (SSSR count). The lowest BCUT2D eigenvalue weighted by Crippen LogP contribution is -2.11. The molecule has 0 aliphatic heterocycles. The molecule has 0 spiro atoms. The number of hydrogen-bond acceptors (Lipinski definition) is 7. The Morgan fingerprint density at radius 1 is 1.10 bits per heavy atom. The van der Waals surface area contributed by atoms with Crippen LogP contribution in [0, 0.1) is 6.92 Å². The Bertz CT molecular complexity index is 1190. The van der Waals surface area contributed by atoms with E-state index < -0.39 is 0 Å². The van der Waals surface area contributed by atoms with Gasteiger partial charge < -0.3 is 4.52 Å². The first-order valence-corrected chi connectivity index (χ1v) is 11.1. The quantitative estimate of drug-likeness (QED) is 0.479. The van der Waals surface area contributed by atoms with E-state index in [1.165, 1.54) is 28.8 Å². The third kappa shape index (κ3) is 3.73. The lowest BCUT2D eigenvalue weighted by atomic mass is 9.90. The minimum absolute atomic E-state index is 0.224. The highest BCUT2D eigenvalue weighted by atomic mass is 32.1. The Labute approximate surface area is 175 Å². The highest BCUT2D eigenvalue weighted by Crippen LogP contribution is 2.29.